The Morgan fingerprint density at radius 1 is 1.11 bits per heavy atom. The summed E-state index contributed by atoms with van der Waals surface area (Å²) < 4.78 is 17.6. The van der Waals surface area contributed by atoms with Crippen molar-refractivity contribution in [2.24, 2.45) is 0 Å². The Morgan fingerprint density at radius 3 is 2.52 bits per heavy atom. The number of H-pyrrole nitrogens is 1. The van der Waals surface area contributed by atoms with E-state index in [1.54, 1.807) is 38.1 Å². The van der Waals surface area contributed by atoms with Gasteiger partial charge < -0.3 is 9.72 Å². The standard InChI is InChI=1S/C21H21NO4S/c1-4-27(25)18-12-8-6-10-16(18)21(24)26-14(3)20(23)19-13(2)22-17-11-7-5-9-15(17)19/h5-12,14,22H,4H2,1-3H3/t14-,27+/m0/s1. The molecule has 6 heteroatoms. The van der Waals surface area contributed by atoms with Gasteiger partial charge in [0, 0.05) is 27.9 Å². The maximum Gasteiger partial charge on any atom is 0.340 e. The van der Waals surface area contributed by atoms with Crippen LogP contribution in [0.3, 0.4) is 0 Å². The van der Waals surface area contributed by atoms with Crippen LogP contribution in [0.4, 0.5) is 0 Å². The summed E-state index contributed by atoms with van der Waals surface area (Å²) in [6.45, 7) is 5.16. The number of Topliss-reactive ketones (excluding diaryl/α,β-unsaturated/α-hetero) is 1. The first-order valence-electron chi connectivity index (χ1n) is 8.74. The highest BCUT2D eigenvalue weighted by atomic mass is 32.2. The van der Waals surface area contributed by atoms with Crippen LogP contribution in [-0.4, -0.2) is 32.8 Å². The second kappa shape index (κ2) is 7.88. The fraction of sp³-hybridized carbons (Fsp3) is 0.238. The third kappa shape index (κ3) is 3.71. The molecular formula is C21H21NO4S. The van der Waals surface area contributed by atoms with Crippen molar-refractivity contribution in [1.82, 2.24) is 4.98 Å². The van der Waals surface area contributed by atoms with Crippen LogP contribution in [0.5, 0.6) is 0 Å². The number of carbonyl (C=O) groups is 2. The Hall–Kier alpha value is -2.73. The van der Waals surface area contributed by atoms with Gasteiger partial charge in [-0.15, -0.1) is 0 Å². The Balaban J connectivity index is 1.86. The number of nitrogens with one attached hydrogen (secondary N) is 1. The first-order valence-corrected chi connectivity index (χ1v) is 10.1. The monoisotopic (exact) mass is 383 g/mol. The van der Waals surface area contributed by atoms with E-state index in [1.165, 1.54) is 0 Å². The third-order valence-electron chi connectivity index (χ3n) is 4.41. The second-order valence-electron chi connectivity index (χ2n) is 6.21. The molecule has 0 fully saturated rings. The number of aromatic nitrogens is 1. The van der Waals surface area contributed by atoms with E-state index >= 15 is 0 Å². The number of carbonyl (C=O) groups excluding carboxylic acids is 2. The number of para-hydroxylation sites is 1. The number of hydrogen-bond acceptors (Lipinski definition) is 4. The summed E-state index contributed by atoms with van der Waals surface area (Å²) in [7, 11) is -1.29. The molecule has 0 bridgehead atoms. The minimum atomic E-state index is -1.29. The van der Waals surface area contributed by atoms with E-state index < -0.39 is 22.9 Å². The summed E-state index contributed by atoms with van der Waals surface area (Å²) in [6.07, 6.45) is -0.960. The number of rotatable bonds is 6. The van der Waals surface area contributed by atoms with Gasteiger partial charge in [0.25, 0.3) is 0 Å². The van der Waals surface area contributed by atoms with Crippen molar-refractivity contribution < 1.29 is 18.5 Å². The van der Waals surface area contributed by atoms with Gasteiger partial charge in [0.15, 0.2) is 6.10 Å². The van der Waals surface area contributed by atoms with Crippen LogP contribution in [-0.2, 0) is 15.5 Å². The van der Waals surface area contributed by atoms with Crippen LogP contribution in [0.2, 0.25) is 0 Å². The van der Waals surface area contributed by atoms with E-state index in [2.05, 4.69) is 4.98 Å². The SMILES string of the molecule is CC[S@@](=O)c1ccccc1C(=O)O[C@@H](C)C(=O)c1c(C)[nH]c2ccccc12. The molecule has 2 aromatic carbocycles. The number of hydrogen-bond donors (Lipinski definition) is 1. The molecule has 2 atom stereocenters. The van der Waals surface area contributed by atoms with Crippen LogP contribution < -0.4 is 0 Å². The Bertz CT molecular complexity index is 1040. The number of benzene rings is 2. The molecule has 0 aliphatic rings. The zero-order valence-corrected chi connectivity index (χ0v) is 16.3. The fourth-order valence-corrected chi connectivity index (χ4v) is 4.00. The summed E-state index contributed by atoms with van der Waals surface area (Å²) in [5.41, 5.74) is 2.35. The molecule has 0 spiro atoms. The predicted molar refractivity (Wildman–Crippen MR) is 106 cm³/mol. The van der Waals surface area contributed by atoms with E-state index in [0.717, 1.165) is 16.6 Å². The second-order valence-corrected chi connectivity index (χ2v) is 7.92. The summed E-state index contributed by atoms with van der Waals surface area (Å²) in [5, 5.41) is 0.801. The minimum Gasteiger partial charge on any atom is -0.451 e. The van der Waals surface area contributed by atoms with Gasteiger partial charge in [-0.3, -0.25) is 9.00 Å². The van der Waals surface area contributed by atoms with Gasteiger partial charge in [0.1, 0.15) is 0 Å². The van der Waals surface area contributed by atoms with E-state index in [1.807, 2.05) is 31.2 Å². The Kier molecular flexibility index (Phi) is 5.56. The van der Waals surface area contributed by atoms with Crippen molar-refractivity contribution >= 4 is 33.5 Å². The molecule has 0 saturated carbocycles. The molecule has 1 N–H and O–H groups in total. The predicted octanol–water partition coefficient (Wildman–Crippen LogP) is 4.03. The van der Waals surface area contributed by atoms with Gasteiger partial charge >= 0.3 is 5.97 Å². The van der Waals surface area contributed by atoms with Crippen molar-refractivity contribution in [3.05, 3.63) is 65.4 Å². The highest BCUT2D eigenvalue weighted by molar-refractivity contribution is 7.85. The van der Waals surface area contributed by atoms with Crippen molar-refractivity contribution in [1.29, 1.82) is 0 Å². The van der Waals surface area contributed by atoms with Crippen LogP contribution in [0.15, 0.2) is 53.4 Å². The number of aromatic amines is 1. The maximum absolute atomic E-state index is 12.9. The van der Waals surface area contributed by atoms with E-state index in [9.17, 15) is 13.8 Å². The first-order chi connectivity index (χ1) is 12.9. The van der Waals surface area contributed by atoms with Gasteiger partial charge in [-0.05, 0) is 32.0 Å². The molecule has 27 heavy (non-hydrogen) atoms. The summed E-state index contributed by atoms with van der Waals surface area (Å²) >= 11 is 0. The van der Waals surface area contributed by atoms with Gasteiger partial charge in [-0.1, -0.05) is 37.3 Å². The Labute approximate surface area is 160 Å². The number of esters is 1. The molecule has 0 amide bonds. The van der Waals surface area contributed by atoms with E-state index in [4.69, 9.17) is 4.74 Å². The molecule has 5 nitrogen and oxygen atoms in total. The molecule has 3 aromatic rings. The molecule has 0 aliphatic heterocycles. The summed E-state index contributed by atoms with van der Waals surface area (Å²) in [6, 6.07) is 14.1. The summed E-state index contributed by atoms with van der Waals surface area (Å²) in [4.78, 5) is 29.1. The van der Waals surface area contributed by atoms with Crippen molar-refractivity contribution in [3.8, 4) is 0 Å². The number of ether oxygens (including phenoxy) is 1. The molecule has 1 heterocycles. The van der Waals surface area contributed by atoms with E-state index in [0.29, 0.717) is 16.2 Å². The van der Waals surface area contributed by atoms with Crippen molar-refractivity contribution in [2.45, 2.75) is 31.8 Å². The lowest BCUT2D eigenvalue weighted by Gasteiger charge is -2.14. The van der Waals surface area contributed by atoms with Gasteiger partial charge in [-0.2, -0.15) is 0 Å². The average Bonchev–Trinajstić information content (AvgIpc) is 3.02. The zero-order valence-electron chi connectivity index (χ0n) is 15.4. The van der Waals surface area contributed by atoms with Gasteiger partial charge in [0.05, 0.1) is 21.3 Å². The zero-order chi connectivity index (χ0) is 19.6. The molecule has 0 saturated heterocycles. The number of fused-ring (bicyclic) bond motifs is 1. The highest BCUT2D eigenvalue weighted by Crippen LogP contribution is 2.24. The van der Waals surface area contributed by atoms with Crippen molar-refractivity contribution in [2.75, 3.05) is 5.75 Å². The molecule has 0 aliphatic carbocycles. The Morgan fingerprint density at radius 2 is 1.78 bits per heavy atom. The van der Waals surface area contributed by atoms with Crippen LogP contribution in [0.1, 0.15) is 40.3 Å². The lowest BCUT2D eigenvalue weighted by atomic mass is 10.0. The summed E-state index contributed by atoms with van der Waals surface area (Å²) in [5.74, 6) is -0.522. The minimum absolute atomic E-state index is 0.230. The molecular weight excluding hydrogens is 362 g/mol. The van der Waals surface area contributed by atoms with Crippen LogP contribution in [0, 0.1) is 6.92 Å². The van der Waals surface area contributed by atoms with Crippen LogP contribution in [0.25, 0.3) is 10.9 Å². The number of aryl methyl sites for hydroxylation is 1. The largest absolute Gasteiger partial charge is 0.451 e. The maximum atomic E-state index is 12.9. The molecule has 1 aromatic heterocycles. The third-order valence-corrected chi connectivity index (χ3v) is 5.78. The molecule has 3 rings (SSSR count). The van der Waals surface area contributed by atoms with E-state index in [-0.39, 0.29) is 11.3 Å². The molecule has 140 valence electrons. The number of ketones is 1. The molecule has 0 radical (unpaired) electrons. The van der Waals surface area contributed by atoms with Crippen molar-refractivity contribution in [3.63, 3.8) is 0 Å². The van der Waals surface area contributed by atoms with Gasteiger partial charge in [-0.25, -0.2) is 4.79 Å². The smallest absolute Gasteiger partial charge is 0.340 e. The normalized spacial score (nSPS) is 13.3. The highest BCUT2D eigenvalue weighted by Gasteiger charge is 2.26. The lowest BCUT2D eigenvalue weighted by molar-refractivity contribution is 0.0315. The van der Waals surface area contributed by atoms with Gasteiger partial charge in [0.2, 0.25) is 5.78 Å². The van der Waals surface area contributed by atoms with Crippen LogP contribution >= 0.6 is 0 Å². The molecule has 0 unspecified atom stereocenters. The lowest BCUT2D eigenvalue weighted by Crippen LogP contribution is -2.25. The topological polar surface area (TPSA) is 76.2 Å². The average molecular weight is 383 g/mol. The first kappa shape index (κ1) is 19.0. The fourth-order valence-electron chi connectivity index (χ4n) is 3.06. The quantitative estimate of drug-likeness (QED) is 0.515.